The Balaban J connectivity index is 1.67. The highest BCUT2D eigenvalue weighted by Crippen LogP contribution is 2.11. The van der Waals surface area contributed by atoms with E-state index in [1.165, 1.54) is 0 Å². The molecule has 2 heterocycles. The molecule has 106 valence electrons. The maximum Gasteiger partial charge on any atom is 0.151 e. The molecule has 6 heteroatoms. The smallest absolute Gasteiger partial charge is 0.151 e. The van der Waals surface area contributed by atoms with Gasteiger partial charge in [-0.2, -0.15) is 0 Å². The number of hydrogen-bond donors (Lipinski definition) is 1. The van der Waals surface area contributed by atoms with Gasteiger partial charge in [-0.05, 0) is 20.4 Å². The summed E-state index contributed by atoms with van der Waals surface area (Å²) >= 11 is 0. The van der Waals surface area contributed by atoms with Crippen LogP contribution in [-0.4, -0.2) is 81.6 Å². The zero-order valence-electron chi connectivity index (χ0n) is 11.4. The van der Waals surface area contributed by atoms with Crippen LogP contribution in [0.15, 0.2) is 0 Å². The summed E-state index contributed by atoms with van der Waals surface area (Å²) in [6, 6.07) is 0.774. The molecule has 5 nitrogen and oxygen atoms in total. The first-order valence-electron chi connectivity index (χ1n) is 6.83. The van der Waals surface area contributed by atoms with Crippen molar-refractivity contribution in [2.24, 2.45) is 0 Å². The molecule has 0 aromatic rings. The first-order valence-corrected chi connectivity index (χ1v) is 8.65. The minimum Gasteiger partial charge on any atom is -0.312 e. The molecule has 0 spiro atoms. The van der Waals surface area contributed by atoms with Crippen LogP contribution in [0.1, 0.15) is 13.3 Å². The average Bonchev–Trinajstić information content (AvgIpc) is 2.61. The van der Waals surface area contributed by atoms with E-state index in [-0.39, 0.29) is 6.04 Å². The van der Waals surface area contributed by atoms with E-state index in [9.17, 15) is 8.42 Å². The van der Waals surface area contributed by atoms with Crippen LogP contribution in [0.4, 0.5) is 0 Å². The van der Waals surface area contributed by atoms with Crippen LogP contribution in [-0.2, 0) is 9.84 Å². The van der Waals surface area contributed by atoms with Crippen molar-refractivity contribution in [2.45, 2.75) is 25.4 Å². The quantitative estimate of drug-likeness (QED) is 0.742. The maximum atomic E-state index is 11.3. The molecule has 2 fully saturated rings. The second-order valence-electron chi connectivity index (χ2n) is 5.70. The van der Waals surface area contributed by atoms with Crippen molar-refractivity contribution in [3.05, 3.63) is 0 Å². The lowest BCUT2D eigenvalue weighted by atomic mass is 10.2. The summed E-state index contributed by atoms with van der Waals surface area (Å²) < 4.78 is 22.7. The Kier molecular flexibility index (Phi) is 4.64. The van der Waals surface area contributed by atoms with Crippen LogP contribution in [0.25, 0.3) is 0 Å². The number of hydrogen-bond acceptors (Lipinski definition) is 5. The molecule has 2 aliphatic rings. The molecular weight excluding hydrogens is 250 g/mol. The Bertz CT molecular complexity index is 372. The van der Waals surface area contributed by atoms with E-state index in [0.29, 0.717) is 17.5 Å². The minimum absolute atomic E-state index is 0.178. The first kappa shape index (κ1) is 14.2. The average molecular weight is 275 g/mol. The van der Waals surface area contributed by atoms with E-state index in [1.54, 1.807) is 0 Å². The normalized spacial score (nSPS) is 33.9. The molecule has 0 bridgehead atoms. The lowest BCUT2D eigenvalue weighted by Gasteiger charge is -2.38. The summed E-state index contributed by atoms with van der Waals surface area (Å²) in [7, 11) is -0.589. The van der Waals surface area contributed by atoms with Gasteiger partial charge in [-0.15, -0.1) is 0 Å². The van der Waals surface area contributed by atoms with E-state index in [1.807, 2.05) is 0 Å². The van der Waals surface area contributed by atoms with Gasteiger partial charge >= 0.3 is 0 Å². The number of likely N-dealkylation sites (N-methyl/N-ethyl adjacent to an activating group) is 1. The highest BCUT2D eigenvalue weighted by molar-refractivity contribution is 7.91. The Hall–Kier alpha value is -0.170. The van der Waals surface area contributed by atoms with E-state index in [0.717, 1.165) is 39.1 Å². The third-order valence-electron chi connectivity index (χ3n) is 4.03. The fraction of sp³-hybridized carbons (Fsp3) is 1.00. The predicted octanol–water partition coefficient (Wildman–Crippen LogP) is -0.601. The van der Waals surface area contributed by atoms with Gasteiger partial charge in [-0.3, -0.25) is 4.90 Å². The Labute approximate surface area is 110 Å². The molecule has 2 unspecified atom stereocenters. The highest BCUT2D eigenvalue weighted by Gasteiger charge is 2.27. The molecule has 1 N–H and O–H groups in total. The lowest BCUT2D eigenvalue weighted by Crippen LogP contribution is -2.52. The van der Waals surface area contributed by atoms with Gasteiger partial charge < -0.3 is 10.2 Å². The van der Waals surface area contributed by atoms with Gasteiger partial charge in [0, 0.05) is 44.8 Å². The van der Waals surface area contributed by atoms with Crippen LogP contribution < -0.4 is 5.32 Å². The number of rotatable bonds is 4. The van der Waals surface area contributed by atoms with E-state index in [4.69, 9.17) is 0 Å². The second kappa shape index (κ2) is 5.86. The van der Waals surface area contributed by atoms with Crippen molar-refractivity contribution in [3.8, 4) is 0 Å². The molecule has 0 aromatic carbocycles. The van der Waals surface area contributed by atoms with Crippen molar-refractivity contribution in [1.29, 1.82) is 0 Å². The molecule has 2 aliphatic heterocycles. The van der Waals surface area contributed by atoms with Crippen LogP contribution >= 0.6 is 0 Å². The number of sulfone groups is 1. The third-order valence-corrected chi connectivity index (χ3v) is 5.80. The van der Waals surface area contributed by atoms with Crippen molar-refractivity contribution in [1.82, 2.24) is 15.1 Å². The molecule has 2 saturated heterocycles. The summed E-state index contributed by atoms with van der Waals surface area (Å²) in [4.78, 5) is 4.84. The van der Waals surface area contributed by atoms with Crippen molar-refractivity contribution in [3.63, 3.8) is 0 Å². The molecule has 0 amide bonds. The highest BCUT2D eigenvalue weighted by atomic mass is 32.2. The van der Waals surface area contributed by atoms with Crippen LogP contribution in [0, 0.1) is 0 Å². The van der Waals surface area contributed by atoms with E-state index >= 15 is 0 Å². The second-order valence-corrected chi connectivity index (χ2v) is 7.93. The molecule has 0 aliphatic carbocycles. The van der Waals surface area contributed by atoms with E-state index < -0.39 is 9.84 Å². The number of nitrogens with one attached hydrogen (secondary N) is 1. The molecule has 2 rings (SSSR count). The van der Waals surface area contributed by atoms with Gasteiger partial charge in [-0.1, -0.05) is 0 Å². The lowest BCUT2D eigenvalue weighted by molar-refractivity contribution is 0.100. The van der Waals surface area contributed by atoms with E-state index in [2.05, 4.69) is 29.1 Å². The predicted molar refractivity (Wildman–Crippen MR) is 73.6 cm³/mol. The van der Waals surface area contributed by atoms with Crippen molar-refractivity contribution in [2.75, 3.05) is 51.3 Å². The summed E-state index contributed by atoms with van der Waals surface area (Å²) in [6.45, 7) is 7.54. The SMILES string of the molecule is CC1CN(C)CCN1CCNC1CCS(=O)(=O)C1. The summed E-state index contributed by atoms with van der Waals surface area (Å²) in [6.07, 6.45) is 0.778. The third kappa shape index (κ3) is 3.91. The minimum atomic E-state index is -2.75. The topological polar surface area (TPSA) is 52.6 Å². The molecule has 0 aromatic heterocycles. The monoisotopic (exact) mass is 275 g/mol. The largest absolute Gasteiger partial charge is 0.312 e. The Morgan fingerprint density at radius 3 is 2.72 bits per heavy atom. The zero-order valence-corrected chi connectivity index (χ0v) is 12.2. The van der Waals surface area contributed by atoms with Crippen LogP contribution in [0.5, 0.6) is 0 Å². The first-order chi connectivity index (χ1) is 8.46. The Morgan fingerprint density at radius 2 is 2.11 bits per heavy atom. The molecule has 18 heavy (non-hydrogen) atoms. The standard InChI is InChI=1S/C12H25N3O2S/c1-11-9-14(2)6-7-15(11)5-4-13-12-3-8-18(16,17)10-12/h11-13H,3-10H2,1-2H3. The number of nitrogens with zero attached hydrogens (tertiary/aromatic N) is 2. The van der Waals surface area contributed by atoms with Crippen LogP contribution in [0.3, 0.4) is 0 Å². The fourth-order valence-electron chi connectivity index (χ4n) is 2.88. The van der Waals surface area contributed by atoms with Gasteiger partial charge in [-0.25, -0.2) is 8.42 Å². The fourth-order valence-corrected chi connectivity index (χ4v) is 4.59. The summed E-state index contributed by atoms with van der Waals surface area (Å²) in [5.74, 6) is 0.681. The van der Waals surface area contributed by atoms with Gasteiger partial charge in [0.1, 0.15) is 0 Å². The molecule has 0 radical (unpaired) electrons. The maximum absolute atomic E-state index is 11.3. The van der Waals surface area contributed by atoms with Crippen molar-refractivity contribution < 1.29 is 8.42 Å². The van der Waals surface area contributed by atoms with Crippen molar-refractivity contribution >= 4 is 9.84 Å². The molecule has 0 saturated carbocycles. The van der Waals surface area contributed by atoms with Gasteiger partial charge in [0.15, 0.2) is 9.84 Å². The molecular formula is C12H25N3O2S. The van der Waals surface area contributed by atoms with Gasteiger partial charge in [0.05, 0.1) is 11.5 Å². The zero-order chi connectivity index (χ0) is 13.2. The van der Waals surface area contributed by atoms with Gasteiger partial charge in [0.2, 0.25) is 0 Å². The summed E-state index contributed by atoms with van der Waals surface area (Å²) in [5, 5.41) is 3.38. The number of piperazine rings is 1. The Morgan fingerprint density at radius 1 is 1.33 bits per heavy atom. The molecule has 2 atom stereocenters. The van der Waals surface area contributed by atoms with Gasteiger partial charge in [0.25, 0.3) is 0 Å². The summed E-state index contributed by atoms with van der Waals surface area (Å²) in [5.41, 5.74) is 0. The van der Waals surface area contributed by atoms with Crippen LogP contribution in [0.2, 0.25) is 0 Å².